The molecule has 1 aromatic rings. The maximum absolute atomic E-state index is 12.6. The molecule has 1 saturated heterocycles. The van der Waals surface area contributed by atoms with Crippen molar-refractivity contribution >= 4 is 11.6 Å². The van der Waals surface area contributed by atoms with E-state index < -0.39 is 0 Å². The van der Waals surface area contributed by atoms with Crippen molar-refractivity contribution in [1.82, 2.24) is 10.2 Å². The number of nitrogens with zero attached hydrogens (tertiary/aromatic N) is 2. The van der Waals surface area contributed by atoms with Crippen LogP contribution in [0.5, 0.6) is 0 Å². The molecule has 114 valence electrons. The van der Waals surface area contributed by atoms with Crippen LogP contribution in [0.25, 0.3) is 0 Å². The predicted molar refractivity (Wildman–Crippen MR) is 85.6 cm³/mol. The van der Waals surface area contributed by atoms with E-state index in [0.717, 1.165) is 38.3 Å². The minimum absolute atomic E-state index is 0.236. The average molecular weight is 287 g/mol. The molecule has 4 nitrogen and oxygen atoms in total. The highest BCUT2D eigenvalue weighted by Gasteiger charge is 2.26. The van der Waals surface area contributed by atoms with Crippen LogP contribution in [0.2, 0.25) is 0 Å². The molecule has 1 amide bonds. The molecule has 4 heteroatoms. The summed E-state index contributed by atoms with van der Waals surface area (Å²) in [6.45, 7) is 6.54. The number of nitrogens with one attached hydrogen (secondary N) is 1. The number of para-hydroxylation sites is 1. The summed E-state index contributed by atoms with van der Waals surface area (Å²) in [5.41, 5.74) is 2.41. The Balaban J connectivity index is 1.60. The molecule has 21 heavy (non-hydrogen) atoms. The standard InChI is InChI=1S/C17H25N3O/c1-2-19(12-15-7-5-10-18-15)13-17(21)20-11-9-14-6-3-4-8-16(14)20/h3-4,6,8,15,18H,2,5,7,9-13H2,1H3. The van der Waals surface area contributed by atoms with Crippen molar-refractivity contribution in [3.8, 4) is 0 Å². The monoisotopic (exact) mass is 287 g/mol. The number of fused-ring (bicyclic) bond motifs is 1. The lowest BCUT2D eigenvalue weighted by molar-refractivity contribution is -0.119. The number of carbonyl (C=O) groups excluding carboxylic acids is 1. The molecule has 2 aliphatic heterocycles. The topological polar surface area (TPSA) is 35.6 Å². The van der Waals surface area contributed by atoms with E-state index in [4.69, 9.17) is 0 Å². The molecule has 1 atom stereocenters. The third kappa shape index (κ3) is 3.27. The fraction of sp³-hybridized carbons (Fsp3) is 0.588. The van der Waals surface area contributed by atoms with Crippen LogP contribution < -0.4 is 10.2 Å². The Morgan fingerprint density at radius 3 is 3.05 bits per heavy atom. The van der Waals surface area contributed by atoms with Gasteiger partial charge >= 0.3 is 0 Å². The van der Waals surface area contributed by atoms with Crippen LogP contribution in [0.3, 0.4) is 0 Å². The molecule has 1 aromatic carbocycles. The fourth-order valence-electron chi connectivity index (χ4n) is 3.40. The molecule has 1 N–H and O–H groups in total. The van der Waals surface area contributed by atoms with E-state index in [1.54, 1.807) is 0 Å². The van der Waals surface area contributed by atoms with Crippen LogP contribution in [0.1, 0.15) is 25.3 Å². The summed E-state index contributed by atoms with van der Waals surface area (Å²) in [5, 5.41) is 3.51. The molecule has 2 heterocycles. The Labute approximate surface area is 127 Å². The van der Waals surface area contributed by atoms with Gasteiger partial charge in [0.15, 0.2) is 0 Å². The van der Waals surface area contributed by atoms with Gasteiger partial charge in [0, 0.05) is 24.8 Å². The van der Waals surface area contributed by atoms with Gasteiger partial charge in [-0.2, -0.15) is 0 Å². The number of amides is 1. The van der Waals surface area contributed by atoms with Gasteiger partial charge in [-0.3, -0.25) is 9.69 Å². The zero-order chi connectivity index (χ0) is 14.7. The summed E-state index contributed by atoms with van der Waals surface area (Å²) in [4.78, 5) is 16.8. The van der Waals surface area contributed by atoms with Crippen molar-refractivity contribution in [2.45, 2.75) is 32.2 Å². The Morgan fingerprint density at radius 1 is 1.43 bits per heavy atom. The van der Waals surface area contributed by atoms with Crippen molar-refractivity contribution < 1.29 is 4.79 Å². The third-order valence-electron chi connectivity index (χ3n) is 4.64. The second-order valence-electron chi connectivity index (χ2n) is 6.05. The van der Waals surface area contributed by atoms with E-state index in [9.17, 15) is 4.79 Å². The fourth-order valence-corrected chi connectivity index (χ4v) is 3.40. The summed E-state index contributed by atoms with van der Waals surface area (Å²) in [7, 11) is 0. The van der Waals surface area contributed by atoms with E-state index in [0.29, 0.717) is 12.6 Å². The van der Waals surface area contributed by atoms with E-state index in [2.05, 4.69) is 35.3 Å². The quantitative estimate of drug-likeness (QED) is 0.894. The van der Waals surface area contributed by atoms with Crippen LogP contribution in [0.15, 0.2) is 24.3 Å². The van der Waals surface area contributed by atoms with Gasteiger partial charge < -0.3 is 10.2 Å². The van der Waals surface area contributed by atoms with Crippen LogP contribution in [-0.4, -0.2) is 49.6 Å². The Kier molecular flexibility index (Phi) is 4.56. The second kappa shape index (κ2) is 6.58. The SMILES string of the molecule is CCN(CC(=O)N1CCc2ccccc21)CC1CCCN1. The molecule has 3 rings (SSSR count). The molecule has 0 bridgehead atoms. The number of hydrogen-bond acceptors (Lipinski definition) is 3. The van der Waals surface area contributed by atoms with Gasteiger partial charge in [0.25, 0.3) is 0 Å². The largest absolute Gasteiger partial charge is 0.313 e. The zero-order valence-corrected chi connectivity index (χ0v) is 12.8. The number of likely N-dealkylation sites (N-methyl/N-ethyl adjacent to an activating group) is 1. The van der Waals surface area contributed by atoms with Gasteiger partial charge in [0.05, 0.1) is 6.54 Å². The highest BCUT2D eigenvalue weighted by atomic mass is 16.2. The maximum Gasteiger partial charge on any atom is 0.241 e. The number of benzene rings is 1. The molecule has 0 aliphatic carbocycles. The number of carbonyl (C=O) groups is 1. The van der Waals surface area contributed by atoms with E-state index in [1.807, 2.05) is 11.0 Å². The maximum atomic E-state index is 12.6. The first-order valence-electron chi connectivity index (χ1n) is 8.12. The van der Waals surface area contributed by atoms with E-state index >= 15 is 0 Å². The molecule has 1 unspecified atom stereocenters. The van der Waals surface area contributed by atoms with Gasteiger partial charge in [0.1, 0.15) is 0 Å². The van der Waals surface area contributed by atoms with Crippen LogP contribution in [0.4, 0.5) is 5.69 Å². The van der Waals surface area contributed by atoms with Gasteiger partial charge in [-0.05, 0) is 44.0 Å². The highest BCUT2D eigenvalue weighted by Crippen LogP contribution is 2.27. The minimum Gasteiger partial charge on any atom is -0.313 e. The minimum atomic E-state index is 0.236. The van der Waals surface area contributed by atoms with Gasteiger partial charge in [0.2, 0.25) is 5.91 Å². The molecular formula is C17H25N3O. The molecule has 0 saturated carbocycles. The van der Waals surface area contributed by atoms with Gasteiger partial charge in [-0.1, -0.05) is 25.1 Å². The third-order valence-corrected chi connectivity index (χ3v) is 4.64. The lowest BCUT2D eigenvalue weighted by Gasteiger charge is -2.26. The van der Waals surface area contributed by atoms with Crippen molar-refractivity contribution in [1.29, 1.82) is 0 Å². The number of hydrogen-bond donors (Lipinski definition) is 1. The molecule has 0 radical (unpaired) electrons. The number of rotatable bonds is 5. The Hall–Kier alpha value is -1.39. The Morgan fingerprint density at radius 2 is 2.29 bits per heavy atom. The van der Waals surface area contributed by atoms with Crippen molar-refractivity contribution in [3.05, 3.63) is 29.8 Å². The highest BCUT2D eigenvalue weighted by molar-refractivity contribution is 5.96. The summed E-state index contributed by atoms with van der Waals surface area (Å²) in [5.74, 6) is 0.236. The van der Waals surface area contributed by atoms with Gasteiger partial charge in [-0.25, -0.2) is 0 Å². The van der Waals surface area contributed by atoms with E-state index in [1.165, 1.54) is 18.4 Å². The molecule has 0 aromatic heterocycles. The molecule has 2 aliphatic rings. The summed E-state index contributed by atoms with van der Waals surface area (Å²) < 4.78 is 0. The summed E-state index contributed by atoms with van der Waals surface area (Å²) in [6.07, 6.45) is 3.48. The van der Waals surface area contributed by atoms with Crippen LogP contribution >= 0.6 is 0 Å². The smallest absolute Gasteiger partial charge is 0.241 e. The second-order valence-corrected chi connectivity index (χ2v) is 6.05. The van der Waals surface area contributed by atoms with E-state index in [-0.39, 0.29) is 5.91 Å². The van der Waals surface area contributed by atoms with Crippen LogP contribution in [-0.2, 0) is 11.2 Å². The predicted octanol–water partition coefficient (Wildman–Crippen LogP) is 1.65. The zero-order valence-electron chi connectivity index (χ0n) is 12.8. The lowest BCUT2D eigenvalue weighted by Crippen LogP contribution is -2.44. The molecule has 0 spiro atoms. The van der Waals surface area contributed by atoms with Crippen molar-refractivity contribution in [2.75, 3.05) is 37.6 Å². The van der Waals surface area contributed by atoms with Crippen molar-refractivity contribution in [3.63, 3.8) is 0 Å². The summed E-state index contributed by atoms with van der Waals surface area (Å²) in [6, 6.07) is 8.82. The first-order chi connectivity index (χ1) is 10.3. The molecular weight excluding hydrogens is 262 g/mol. The first-order valence-corrected chi connectivity index (χ1v) is 8.12. The van der Waals surface area contributed by atoms with Crippen LogP contribution in [0, 0.1) is 0 Å². The summed E-state index contributed by atoms with van der Waals surface area (Å²) >= 11 is 0. The Bertz CT molecular complexity index is 497. The number of anilines is 1. The lowest BCUT2D eigenvalue weighted by atomic mass is 10.2. The first kappa shape index (κ1) is 14.5. The van der Waals surface area contributed by atoms with Crippen molar-refractivity contribution in [2.24, 2.45) is 0 Å². The average Bonchev–Trinajstić information content (AvgIpc) is 3.15. The normalized spacial score (nSPS) is 21.0. The van der Waals surface area contributed by atoms with Gasteiger partial charge in [-0.15, -0.1) is 0 Å². The molecule has 1 fully saturated rings.